The van der Waals surface area contributed by atoms with Crippen LogP contribution in [0.2, 0.25) is 0 Å². The van der Waals surface area contributed by atoms with Crippen LogP contribution in [0, 0.1) is 0 Å². The molecule has 3 aliphatic rings. The Morgan fingerprint density at radius 1 is 0.900 bits per heavy atom. The molecule has 0 radical (unpaired) electrons. The Balaban J connectivity index is 1.57. The minimum atomic E-state index is 0.826. The van der Waals surface area contributed by atoms with E-state index in [9.17, 15) is 0 Å². The molecule has 3 rings (SSSR count). The van der Waals surface area contributed by atoms with Crippen molar-refractivity contribution in [1.82, 2.24) is 14.7 Å². The summed E-state index contributed by atoms with van der Waals surface area (Å²) in [6.45, 7) is 12.7. The van der Waals surface area contributed by atoms with Gasteiger partial charge in [-0.25, -0.2) is 0 Å². The zero-order chi connectivity index (χ0) is 13.9. The fourth-order valence-corrected chi connectivity index (χ4v) is 4.71. The summed E-state index contributed by atoms with van der Waals surface area (Å²) in [6.07, 6.45) is 8.33. The normalized spacial score (nSPS) is 34.5. The summed E-state index contributed by atoms with van der Waals surface area (Å²) in [7, 11) is 0. The Kier molecular flexibility index (Phi) is 5.00. The van der Waals surface area contributed by atoms with Crippen molar-refractivity contribution in [3.05, 3.63) is 0 Å². The number of nitrogens with zero attached hydrogens (tertiary/aromatic N) is 3. The lowest BCUT2D eigenvalue weighted by Crippen LogP contribution is -2.60. The lowest BCUT2D eigenvalue weighted by atomic mass is 9.96. The fraction of sp³-hybridized carbons (Fsp3) is 1.00. The van der Waals surface area contributed by atoms with E-state index in [1.54, 1.807) is 0 Å². The van der Waals surface area contributed by atoms with Crippen LogP contribution in [0.3, 0.4) is 0 Å². The van der Waals surface area contributed by atoms with Gasteiger partial charge in [0.05, 0.1) is 0 Å². The average molecular weight is 279 g/mol. The molecule has 0 bridgehead atoms. The van der Waals surface area contributed by atoms with Crippen LogP contribution in [-0.2, 0) is 0 Å². The van der Waals surface area contributed by atoms with E-state index >= 15 is 0 Å². The molecule has 20 heavy (non-hydrogen) atoms. The van der Waals surface area contributed by atoms with Crippen LogP contribution in [0.15, 0.2) is 0 Å². The quantitative estimate of drug-likeness (QED) is 0.782. The predicted molar refractivity (Wildman–Crippen MR) is 85.1 cm³/mol. The Morgan fingerprint density at radius 3 is 2.40 bits per heavy atom. The summed E-state index contributed by atoms with van der Waals surface area (Å²) in [5.74, 6) is 0. The lowest BCUT2D eigenvalue weighted by Gasteiger charge is -2.49. The number of fused-ring (bicyclic) bond motifs is 1. The fourth-order valence-electron chi connectivity index (χ4n) is 4.71. The Hall–Kier alpha value is -0.120. The van der Waals surface area contributed by atoms with Gasteiger partial charge in [0.2, 0.25) is 0 Å². The van der Waals surface area contributed by atoms with Crippen LogP contribution in [0.5, 0.6) is 0 Å². The summed E-state index contributed by atoms with van der Waals surface area (Å²) < 4.78 is 0. The van der Waals surface area contributed by atoms with Crippen molar-refractivity contribution < 1.29 is 0 Å². The third-order valence-electron chi connectivity index (χ3n) is 5.87. The van der Waals surface area contributed by atoms with Crippen LogP contribution in [0.4, 0.5) is 0 Å². The molecular weight excluding hydrogens is 246 g/mol. The second kappa shape index (κ2) is 6.76. The van der Waals surface area contributed by atoms with E-state index < -0.39 is 0 Å². The van der Waals surface area contributed by atoms with Gasteiger partial charge in [-0.2, -0.15) is 0 Å². The minimum Gasteiger partial charge on any atom is -0.303 e. The molecule has 0 aromatic rings. The highest BCUT2D eigenvalue weighted by atomic mass is 15.3. The van der Waals surface area contributed by atoms with E-state index in [-0.39, 0.29) is 0 Å². The molecule has 0 saturated carbocycles. The summed E-state index contributed by atoms with van der Waals surface area (Å²) in [5.41, 5.74) is 0. The van der Waals surface area contributed by atoms with Crippen molar-refractivity contribution in [1.29, 1.82) is 0 Å². The molecule has 3 heterocycles. The first-order chi connectivity index (χ1) is 9.81. The van der Waals surface area contributed by atoms with Gasteiger partial charge in [0, 0.05) is 31.2 Å². The maximum atomic E-state index is 2.91. The largest absolute Gasteiger partial charge is 0.303 e. The average Bonchev–Trinajstić information content (AvgIpc) is 2.94. The summed E-state index contributed by atoms with van der Waals surface area (Å²) >= 11 is 0. The van der Waals surface area contributed by atoms with Gasteiger partial charge in [-0.1, -0.05) is 13.8 Å². The molecule has 3 fully saturated rings. The second-order valence-corrected chi connectivity index (χ2v) is 7.12. The van der Waals surface area contributed by atoms with Crippen molar-refractivity contribution in [3.8, 4) is 0 Å². The molecule has 0 aromatic heterocycles. The van der Waals surface area contributed by atoms with Gasteiger partial charge in [0.25, 0.3) is 0 Å². The highest BCUT2D eigenvalue weighted by molar-refractivity contribution is 4.95. The monoisotopic (exact) mass is 279 g/mol. The van der Waals surface area contributed by atoms with Gasteiger partial charge < -0.3 is 4.90 Å². The van der Waals surface area contributed by atoms with E-state index in [2.05, 4.69) is 28.5 Å². The van der Waals surface area contributed by atoms with Gasteiger partial charge in [0.1, 0.15) is 0 Å². The van der Waals surface area contributed by atoms with Gasteiger partial charge in [-0.05, 0) is 64.7 Å². The molecule has 116 valence electrons. The molecule has 3 saturated heterocycles. The lowest BCUT2D eigenvalue weighted by molar-refractivity contribution is -0.00265. The van der Waals surface area contributed by atoms with Crippen molar-refractivity contribution >= 4 is 0 Å². The maximum Gasteiger partial charge on any atom is 0.0224 e. The molecule has 0 N–H and O–H groups in total. The summed E-state index contributed by atoms with van der Waals surface area (Å²) in [6, 6.07) is 2.58. The second-order valence-electron chi connectivity index (χ2n) is 7.12. The van der Waals surface area contributed by atoms with Crippen molar-refractivity contribution in [3.63, 3.8) is 0 Å². The van der Waals surface area contributed by atoms with Crippen molar-refractivity contribution in [2.75, 3.05) is 39.3 Å². The van der Waals surface area contributed by atoms with Crippen LogP contribution in [0.1, 0.15) is 52.4 Å². The van der Waals surface area contributed by atoms with E-state index in [1.165, 1.54) is 77.8 Å². The molecule has 2 atom stereocenters. The van der Waals surface area contributed by atoms with Gasteiger partial charge in [-0.3, -0.25) is 9.80 Å². The highest BCUT2D eigenvalue weighted by Gasteiger charge is 2.38. The molecule has 3 aliphatic heterocycles. The molecule has 0 amide bonds. The van der Waals surface area contributed by atoms with Crippen molar-refractivity contribution in [2.45, 2.75) is 70.5 Å². The van der Waals surface area contributed by atoms with Crippen molar-refractivity contribution in [2.24, 2.45) is 0 Å². The number of piperidine rings is 1. The molecular formula is C17H33N3. The molecule has 0 aliphatic carbocycles. The number of rotatable bonds is 4. The van der Waals surface area contributed by atoms with Gasteiger partial charge >= 0.3 is 0 Å². The Bertz CT molecular complexity index is 299. The molecule has 0 spiro atoms. The number of piperazine rings is 1. The highest BCUT2D eigenvalue weighted by Crippen LogP contribution is 2.30. The maximum absolute atomic E-state index is 2.91. The molecule has 2 unspecified atom stereocenters. The SMILES string of the molecule is CCCN1CCC(N2CC3CCCN3CC2CC)CC1. The Labute approximate surface area is 125 Å². The zero-order valence-corrected chi connectivity index (χ0v) is 13.6. The Morgan fingerprint density at radius 2 is 1.70 bits per heavy atom. The minimum absolute atomic E-state index is 0.826. The standard InChI is InChI=1S/C17H33N3/c1-3-9-18-11-7-16(8-12-18)20-14-17-6-5-10-19(17)13-15(20)4-2/h15-17H,3-14H2,1-2H3. The van der Waals surface area contributed by atoms with E-state index in [1.807, 2.05) is 0 Å². The molecule has 3 nitrogen and oxygen atoms in total. The van der Waals surface area contributed by atoms with E-state index in [0.29, 0.717) is 0 Å². The molecule has 3 heteroatoms. The number of hydrogen-bond donors (Lipinski definition) is 0. The predicted octanol–water partition coefficient (Wildman–Crippen LogP) is 2.42. The third kappa shape index (κ3) is 3.05. The van der Waals surface area contributed by atoms with E-state index in [0.717, 1.165) is 18.1 Å². The zero-order valence-electron chi connectivity index (χ0n) is 13.6. The molecule has 0 aromatic carbocycles. The summed E-state index contributed by atoms with van der Waals surface area (Å²) in [4.78, 5) is 8.36. The van der Waals surface area contributed by atoms with E-state index in [4.69, 9.17) is 0 Å². The summed E-state index contributed by atoms with van der Waals surface area (Å²) in [5, 5.41) is 0. The van der Waals surface area contributed by atoms with Crippen LogP contribution in [0.25, 0.3) is 0 Å². The number of hydrogen-bond acceptors (Lipinski definition) is 3. The first-order valence-corrected chi connectivity index (χ1v) is 9.04. The van der Waals surface area contributed by atoms with Crippen LogP contribution in [-0.4, -0.2) is 72.1 Å². The smallest absolute Gasteiger partial charge is 0.0224 e. The number of likely N-dealkylation sites (tertiary alicyclic amines) is 1. The van der Waals surface area contributed by atoms with Crippen LogP contribution < -0.4 is 0 Å². The first-order valence-electron chi connectivity index (χ1n) is 9.04. The topological polar surface area (TPSA) is 9.72 Å². The van der Waals surface area contributed by atoms with Gasteiger partial charge in [-0.15, -0.1) is 0 Å². The third-order valence-corrected chi connectivity index (χ3v) is 5.87. The van der Waals surface area contributed by atoms with Crippen LogP contribution >= 0.6 is 0 Å². The first kappa shape index (κ1) is 14.8. The van der Waals surface area contributed by atoms with Gasteiger partial charge in [0.15, 0.2) is 0 Å².